The molecule has 0 aliphatic carbocycles. The first-order chi connectivity index (χ1) is 11.7. The summed E-state index contributed by atoms with van der Waals surface area (Å²) in [5, 5.41) is 7.66. The van der Waals surface area contributed by atoms with E-state index in [0.717, 1.165) is 33.9 Å². The molecule has 0 bridgehead atoms. The van der Waals surface area contributed by atoms with Crippen molar-refractivity contribution in [3.8, 4) is 5.75 Å². The fraction of sp³-hybridized carbons (Fsp3) is 0.294. The zero-order chi connectivity index (χ0) is 16.5. The summed E-state index contributed by atoms with van der Waals surface area (Å²) in [6.07, 6.45) is 4.13. The standard InChI is InChI=1S/C17H17FN4O2/c1-11-6-15-17(20-4-5-22(15)21-11)19-3-2-12-7-14(18)8-13-9-23-10-24-16(12)13/h4-8H,2-3,9-10H2,1H3,(H,19,20). The van der Waals surface area contributed by atoms with Gasteiger partial charge in [-0.3, -0.25) is 0 Å². The van der Waals surface area contributed by atoms with E-state index in [-0.39, 0.29) is 12.6 Å². The Kier molecular flexibility index (Phi) is 3.78. The van der Waals surface area contributed by atoms with Gasteiger partial charge in [-0.15, -0.1) is 0 Å². The van der Waals surface area contributed by atoms with Crippen LogP contribution in [-0.2, 0) is 17.8 Å². The van der Waals surface area contributed by atoms with E-state index in [1.165, 1.54) is 12.1 Å². The Bertz CT molecular complexity index is 894. The number of halogens is 1. The van der Waals surface area contributed by atoms with Crippen LogP contribution in [0.2, 0.25) is 0 Å². The number of ether oxygens (including phenoxy) is 2. The van der Waals surface area contributed by atoms with Gasteiger partial charge in [0.2, 0.25) is 0 Å². The van der Waals surface area contributed by atoms with Gasteiger partial charge in [0.15, 0.2) is 12.6 Å². The van der Waals surface area contributed by atoms with Crippen LogP contribution in [0.3, 0.4) is 0 Å². The van der Waals surface area contributed by atoms with Crippen molar-refractivity contribution >= 4 is 11.3 Å². The Morgan fingerprint density at radius 1 is 1.33 bits per heavy atom. The van der Waals surface area contributed by atoms with Crippen LogP contribution in [0.5, 0.6) is 5.75 Å². The summed E-state index contributed by atoms with van der Waals surface area (Å²) >= 11 is 0. The number of hydrogen-bond acceptors (Lipinski definition) is 5. The van der Waals surface area contributed by atoms with Crippen molar-refractivity contribution in [2.24, 2.45) is 0 Å². The second kappa shape index (κ2) is 6.09. The fourth-order valence-electron chi connectivity index (χ4n) is 2.94. The molecule has 24 heavy (non-hydrogen) atoms. The maximum atomic E-state index is 13.8. The molecule has 3 aromatic rings. The molecule has 2 aromatic heterocycles. The molecule has 6 nitrogen and oxygen atoms in total. The molecule has 1 aromatic carbocycles. The molecule has 3 heterocycles. The molecule has 0 saturated heterocycles. The molecule has 0 radical (unpaired) electrons. The van der Waals surface area contributed by atoms with Crippen LogP contribution >= 0.6 is 0 Å². The quantitative estimate of drug-likeness (QED) is 0.798. The van der Waals surface area contributed by atoms with Crippen molar-refractivity contribution in [1.29, 1.82) is 0 Å². The van der Waals surface area contributed by atoms with Crippen molar-refractivity contribution in [3.63, 3.8) is 0 Å². The zero-order valence-electron chi connectivity index (χ0n) is 13.3. The molecular formula is C17H17FN4O2. The van der Waals surface area contributed by atoms with Crippen LogP contribution in [0.15, 0.2) is 30.6 Å². The highest BCUT2D eigenvalue weighted by molar-refractivity contribution is 5.67. The first kappa shape index (κ1) is 14.9. The Morgan fingerprint density at radius 3 is 3.17 bits per heavy atom. The topological polar surface area (TPSA) is 60.7 Å². The molecule has 0 fully saturated rings. The number of anilines is 1. The van der Waals surface area contributed by atoms with Gasteiger partial charge >= 0.3 is 0 Å². The lowest BCUT2D eigenvalue weighted by Crippen LogP contribution is -2.15. The van der Waals surface area contributed by atoms with Gasteiger partial charge in [0, 0.05) is 24.5 Å². The van der Waals surface area contributed by atoms with Gasteiger partial charge < -0.3 is 14.8 Å². The lowest BCUT2D eigenvalue weighted by Gasteiger charge is -2.21. The highest BCUT2D eigenvalue weighted by Gasteiger charge is 2.16. The summed E-state index contributed by atoms with van der Waals surface area (Å²) in [5.41, 5.74) is 3.43. The Balaban J connectivity index is 1.52. The van der Waals surface area contributed by atoms with Gasteiger partial charge in [-0.2, -0.15) is 5.10 Å². The minimum absolute atomic E-state index is 0.203. The van der Waals surface area contributed by atoms with E-state index in [2.05, 4.69) is 15.4 Å². The van der Waals surface area contributed by atoms with Crippen molar-refractivity contribution in [2.45, 2.75) is 20.0 Å². The van der Waals surface area contributed by atoms with E-state index >= 15 is 0 Å². The number of benzene rings is 1. The van der Waals surface area contributed by atoms with Crippen molar-refractivity contribution in [2.75, 3.05) is 18.7 Å². The molecule has 1 aliphatic heterocycles. The van der Waals surface area contributed by atoms with Crippen LogP contribution in [0.25, 0.3) is 5.52 Å². The Morgan fingerprint density at radius 2 is 2.25 bits per heavy atom. The molecule has 1 N–H and O–H groups in total. The number of fused-ring (bicyclic) bond motifs is 2. The predicted octanol–water partition coefficient (Wildman–Crippen LogP) is 2.70. The summed E-state index contributed by atoms with van der Waals surface area (Å²) < 4.78 is 26.3. The maximum absolute atomic E-state index is 13.8. The molecule has 0 amide bonds. The molecule has 1 aliphatic rings. The summed E-state index contributed by atoms with van der Waals surface area (Å²) in [6.45, 7) is 3.13. The molecule has 7 heteroatoms. The monoisotopic (exact) mass is 328 g/mol. The molecule has 0 spiro atoms. The number of aromatic nitrogens is 3. The van der Waals surface area contributed by atoms with Crippen molar-refractivity contribution < 1.29 is 13.9 Å². The van der Waals surface area contributed by atoms with Crippen LogP contribution in [0.1, 0.15) is 16.8 Å². The maximum Gasteiger partial charge on any atom is 0.189 e. The van der Waals surface area contributed by atoms with Gasteiger partial charge in [-0.1, -0.05) is 0 Å². The lowest BCUT2D eigenvalue weighted by molar-refractivity contribution is -0.0172. The third kappa shape index (κ3) is 2.78. The minimum atomic E-state index is -0.274. The third-order valence-electron chi connectivity index (χ3n) is 3.95. The van der Waals surface area contributed by atoms with Gasteiger partial charge in [0.05, 0.1) is 12.3 Å². The van der Waals surface area contributed by atoms with Gasteiger partial charge in [0.1, 0.15) is 17.1 Å². The summed E-state index contributed by atoms with van der Waals surface area (Å²) in [5.74, 6) is 1.22. The van der Waals surface area contributed by atoms with Crippen LogP contribution in [0.4, 0.5) is 10.2 Å². The third-order valence-corrected chi connectivity index (χ3v) is 3.95. The molecule has 0 unspecified atom stereocenters. The van der Waals surface area contributed by atoms with Gasteiger partial charge in [0.25, 0.3) is 0 Å². The predicted molar refractivity (Wildman–Crippen MR) is 86.6 cm³/mol. The second-order valence-corrected chi connectivity index (χ2v) is 5.73. The van der Waals surface area contributed by atoms with E-state index < -0.39 is 0 Å². The van der Waals surface area contributed by atoms with E-state index in [1.54, 1.807) is 10.7 Å². The summed E-state index contributed by atoms with van der Waals surface area (Å²) in [7, 11) is 0. The van der Waals surface area contributed by atoms with Crippen molar-refractivity contribution in [1.82, 2.24) is 14.6 Å². The number of rotatable bonds is 4. The first-order valence-corrected chi connectivity index (χ1v) is 7.77. The Hall–Kier alpha value is -2.67. The van der Waals surface area contributed by atoms with E-state index in [0.29, 0.717) is 19.6 Å². The molecular weight excluding hydrogens is 311 g/mol. The lowest BCUT2D eigenvalue weighted by atomic mass is 10.1. The normalized spacial score (nSPS) is 13.6. The number of nitrogens with one attached hydrogen (secondary N) is 1. The highest BCUT2D eigenvalue weighted by atomic mass is 19.1. The van der Waals surface area contributed by atoms with Crippen LogP contribution in [0, 0.1) is 12.7 Å². The minimum Gasteiger partial charge on any atom is -0.467 e. The van der Waals surface area contributed by atoms with Crippen LogP contribution < -0.4 is 10.1 Å². The smallest absolute Gasteiger partial charge is 0.189 e. The van der Waals surface area contributed by atoms with Crippen LogP contribution in [-0.4, -0.2) is 27.9 Å². The number of nitrogens with zero attached hydrogens (tertiary/aromatic N) is 3. The highest BCUT2D eigenvalue weighted by Crippen LogP contribution is 2.29. The average Bonchev–Trinajstić information content (AvgIpc) is 2.95. The largest absolute Gasteiger partial charge is 0.467 e. The molecule has 124 valence electrons. The molecule has 4 rings (SSSR count). The van der Waals surface area contributed by atoms with E-state index in [1.807, 2.05) is 19.2 Å². The second-order valence-electron chi connectivity index (χ2n) is 5.73. The summed E-state index contributed by atoms with van der Waals surface area (Å²) in [6, 6.07) is 4.95. The van der Waals surface area contributed by atoms with Gasteiger partial charge in [-0.25, -0.2) is 13.9 Å². The summed E-state index contributed by atoms with van der Waals surface area (Å²) in [4.78, 5) is 4.36. The SMILES string of the molecule is Cc1cc2c(NCCc3cc(F)cc4c3OCOC4)nccn2n1. The van der Waals surface area contributed by atoms with E-state index in [4.69, 9.17) is 9.47 Å². The number of aryl methyl sites for hydroxylation is 1. The molecule has 0 atom stereocenters. The van der Waals surface area contributed by atoms with Crippen molar-refractivity contribution in [3.05, 3.63) is 53.2 Å². The Labute approximate surface area is 138 Å². The average molecular weight is 328 g/mol. The van der Waals surface area contributed by atoms with E-state index in [9.17, 15) is 4.39 Å². The first-order valence-electron chi connectivity index (χ1n) is 7.77. The zero-order valence-corrected chi connectivity index (χ0v) is 13.3. The molecule has 0 saturated carbocycles. The van der Waals surface area contributed by atoms with Gasteiger partial charge in [-0.05, 0) is 37.1 Å². The fourth-order valence-corrected chi connectivity index (χ4v) is 2.94. The number of hydrogen-bond donors (Lipinski definition) is 1.